The number of phenolic OH excluding ortho intramolecular Hbond substituents is 2. The number of rotatable bonds is 5. The quantitative estimate of drug-likeness (QED) is 0.232. The summed E-state index contributed by atoms with van der Waals surface area (Å²) in [6, 6.07) is 3.73. The Kier molecular flexibility index (Phi) is 7.74. The number of amides is 1. The average molecular weight is 523 g/mol. The van der Waals surface area contributed by atoms with E-state index in [9.17, 15) is 24.6 Å². The maximum atomic E-state index is 13.0. The zero-order valence-electron chi connectivity index (χ0n) is 17.2. The van der Waals surface area contributed by atoms with Crippen LogP contribution in [0.1, 0.15) is 47.1 Å². The molecule has 1 aromatic carbocycles. The van der Waals surface area contributed by atoms with Gasteiger partial charge in [0.1, 0.15) is 11.2 Å². The Morgan fingerprint density at radius 2 is 1.48 bits per heavy atom. The minimum atomic E-state index is -2.29. The third-order valence-corrected chi connectivity index (χ3v) is 3.79. The van der Waals surface area contributed by atoms with Gasteiger partial charge in [-0.2, -0.15) is 0 Å². The Bertz CT molecular complexity index is 781. The van der Waals surface area contributed by atoms with E-state index >= 15 is 0 Å². The SMILES string of the molecule is CC(C)(C)OC(=O)N[C@@](Cc1ccc(O)c(O)c1)(C(=O)OI)C(=O)OC(C)(C)C. The second-order valence-electron chi connectivity index (χ2n) is 8.40. The lowest BCUT2D eigenvalue weighted by atomic mass is 9.90. The highest BCUT2D eigenvalue weighted by atomic mass is 127. The largest absolute Gasteiger partial charge is 0.504 e. The van der Waals surface area contributed by atoms with Gasteiger partial charge in [0.2, 0.25) is 5.54 Å². The normalized spacial score (nSPS) is 13.8. The first-order chi connectivity index (χ1) is 13.1. The van der Waals surface area contributed by atoms with Crippen molar-refractivity contribution in [3.8, 4) is 11.5 Å². The highest BCUT2D eigenvalue weighted by Gasteiger charge is 2.52. The Morgan fingerprint density at radius 3 is 1.93 bits per heavy atom. The molecule has 0 bridgehead atoms. The molecule has 0 unspecified atom stereocenters. The Labute approximate surface area is 183 Å². The molecule has 1 atom stereocenters. The number of nitrogens with one attached hydrogen (secondary N) is 1. The summed E-state index contributed by atoms with van der Waals surface area (Å²) in [6.45, 7) is 9.67. The minimum absolute atomic E-state index is 0.254. The third kappa shape index (κ3) is 7.26. The van der Waals surface area contributed by atoms with Crippen LogP contribution in [0.5, 0.6) is 11.5 Å². The number of carbonyl (C=O) groups excluding carboxylic acids is 3. The fourth-order valence-corrected chi connectivity index (χ4v) is 2.64. The molecule has 0 aliphatic carbocycles. The predicted molar refractivity (Wildman–Crippen MR) is 112 cm³/mol. The minimum Gasteiger partial charge on any atom is -0.504 e. The van der Waals surface area contributed by atoms with Crippen molar-refractivity contribution >= 4 is 41.0 Å². The molecule has 0 saturated carbocycles. The molecule has 1 aromatic rings. The van der Waals surface area contributed by atoms with E-state index in [2.05, 4.69) is 5.32 Å². The standard InChI is InChI=1S/C19H26INO8/c1-17(2,3)27-14(24)19(15(25)29-20,21-16(26)28-18(4,5)6)10-11-7-8-12(22)13(23)9-11/h7-9,22-23H,10H2,1-6H3,(H,21,26)/t19-/m1/s1. The lowest BCUT2D eigenvalue weighted by Crippen LogP contribution is -2.63. The zero-order chi connectivity index (χ0) is 22.6. The van der Waals surface area contributed by atoms with Crippen molar-refractivity contribution in [3.63, 3.8) is 0 Å². The van der Waals surface area contributed by atoms with Gasteiger partial charge >= 0.3 is 18.0 Å². The zero-order valence-corrected chi connectivity index (χ0v) is 19.3. The van der Waals surface area contributed by atoms with Crippen LogP contribution in [0.4, 0.5) is 4.79 Å². The first-order valence-electron chi connectivity index (χ1n) is 8.68. The van der Waals surface area contributed by atoms with Crippen LogP contribution >= 0.6 is 23.0 Å². The molecular weight excluding hydrogens is 497 g/mol. The van der Waals surface area contributed by atoms with Crippen LogP contribution in [0.3, 0.4) is 0 Å². The molecule has 9 nitrogen and oxygen atoms in total. The van der Waals surface area contributed by atoms with Crippen LogP contribution in [-0.2, 0) is 28.5 Å². The number of alkyl carbamates (subject to hydrolysis) is 1. The second kappa shape index (κ2) is 9.06. The van der Waals surface area contributed by atoms with E-state index in [1.54, 1.807) is 41.5 Å². The maximum Gasteiger partial charge on any atom is 0.409 e. The van der Waals surface area contributed by atoms with Crippen molar-refractivity contribution < 1.29 is 37.1 Å². The average Bonchev–Trinajstić information content (AvgIpc) is 2.53. The van der Waals surface area contributed by atoms with Gasteiger partial charge in [0, 0.05) is 6.42 Å². The molecule has 0 fully saturated rings. The van der Waals surface area contributed by atoms with E-state index in [0.29, 0.717) is 0 Å². The van der Waals surface area contributed by atoms with Gasteiger partial charge < -0.3 is 22.8 Å². The van der Waals surface area contributed by atoms with Crippen molar-refractivity contribution in [2.75, 3.05) is 0 Å². The number of halogens is 1. The summed E-state index contributed by atoms with van der Waals surface area (Å²) < 4.78 is 15.3. The summed E-state index contributed by atoms with van der Waals surface area (Å²) in [5.74, 6) is -3.00. The number of ether oxygens (including phenoxy) is 2. The summed E-state index contributed by atoms with van der Waals surface area (Å²) in [7, 11) is 0. The fraction of sp³-hybridized carbons (Fsp3) is 0.526. The number of hydrogen-bond donors (Lipinski definition) is 3. The van der Waals surface area contributed by atoms with Crippen molar-refractivity contribution in [1.29, 1.82) is 0 Å². The third-order valence-electron chi connectivity index (χ3n) is 3.39. The van der Waals surface area contributed by atoms with Gasteiger partial charge in [-0.1, -0.05) is 6.07 Å². The Hall–Kier alpha value is -2.24. The van der Waals surface area contributed by atoms with Gasteiger partial charge in [-0.25, -0.2) is 14.4 Å². The molecule has 0 heterocycles. The van der Waals surface area contributed by atoms with E-state index in [0.717, 1.165) is 6.07 Å². The van der Waals surface area contributed by atoms with E-state index < -0.39 is 46.9 Å². The molecule has 0 aromatic heterocycles. The monoisotopic (exact) mass is 523 g/mol. The lowest BCUT2D eigenvalue weighted by molar-refractivity contribution is -0.169. The first-order valence-corrected chi connectivity index (χ1v) is 9.56. The summed E-state index contributed by atoms with van der Waals surface area (Å²) in [5, 5.41) is 21.5. The van der Waals surface area contributed by atoms with E-state index in [1.165, 1.54) is 35.1 Å². The first kappa shape index (κ1) is 24.8. The van der Waals surface area contributed by atoms with Crippen LogP contribution < -0.4 is 5.32 Å². The number of carbonyl (C=O) groups is 3. The van der Waals surface area contributed by atoms with Crippen LogP contribution in [0, 0.1) is 0 Å². The van der Waals surface area contributed by atoms with E-state index in [-0.39, 0.29) is 11.3 Å². The molecule has 1 amide bonds. The smallest absolute Gasteiger partial charge is 0.409 e. The second-order valence-corrected chi connectivity index (χ2v) is 8.84. The van der Waals surface area contributed by atoms with Crippen molar-refractivity contribution in [1.82, 2.24) is 5.32 Å². The molecular formula is C19H26INO8. The van der Waals surface area contributed by atoms with Gasteiger partial charge in [0.15, 0.2) is 34.5 Å². The number of benzene rings is 1. The molecule has 0 radical (unpaired) electrons. The highest BCUT2D eigenvalue weighted by Crippen LogP contribution is 2.29. The van der Waals surface area contributed by atoms with Crippen LogP contribution in [-0.4, -0.2) is 45.0 Å². The number of phenols is 2. The van der Waals surface area contributed by atoms with Gasteiger partial charge in [-0.3, -0.25) is 5.32 Å². The number of hydrogen-bond acceptors (Lipinski definition) is 8. The van der Waals surface area contributed by atoms with Crippen molar-refractivity contribution in [2.45, 2.75) is 64.7 Å². The molecule has 0 aliphatic heterocycles. The molecule has 0 spiro atoms. The van der Waals surface area contributed by atoms with Gasteiger partial charge in [0.05, 0.1) is 0 Å². The van der Waals surface area contributed by atoms with Crippen LogP contribution in [0.2, 0.25) is 0 Å². The molecule has 0 aliphatic rings. The topological polar surface area (TPSA) is 131 Å². The van der Waals surface area contributed by atoms with Crippen molar-refractivity contribution in [2.24, 2.45) is 0 Å². The molecule has 1 rings (SSSR count). The summed E-state index contributed by atoms with van der Waals surface area (Å²) in [4.78, 5) is 38.2. The van der Waals surface area contributed by atoms with Crippen molar-refractivity contribution in [3.05, 3.63) is 23.8 Å². The van der Waals surface area contributed by atoms with E-state index in [1.807, 2.05) is 0 Å². The summed E-state index contributed by atoms with van der Waals surface area (Å²) in [5.41, 5.74) is -3.90. The van der Waals surface area contributed by atoms with Crippen LogP contribution in [0.25, 0.3) is 0 Å². The summed E-state index contributed by atoms with van der Waals surface area (Å²) in [6.07, 6.45) is -1.45. The molecule has 0 saturated heterocycles. The molecule has 10 heteroatoms. The maximum absolute atomic E-state index is 13.0. The summed E-state index contributed by atoms with van der Waals surface area (Å²) >= 11 is 1.30. The Balaban J connectivity index is 3.46. The predicted octanol–water partition coefficient (Wildman–Crippen LogP) is 3.14. The Morgan fingerprint density at radius 1 is 0.931 bits per heavy atom. The van der Waals surface area contributed by atoms with E-state index in [4.69, 9.17) is 12.5 Å². The number of aromatic hydroxyl groups is 2. The van der Waals surface area contributed by atoms with Crippen LogP contribution in [0.15, 0.2) is 18.2 Å². The molecule has 29 heavy (non-hydrogen) atoms. The fourth-order valence-electron chi connectivity index (χ4n) is 2.27. The van der Waals surface area contributed by atoms with Gasteiger partial charge in [-0.05, 0) is 59.2 Å². The molecule has 3 N–H and O–H groups in total. The lowest BCUT2D eigenvalue weighted by Gasteiger charge is -2.33. The number of esters is 1. The highest BCUT2D eigenvalue weighted by molar-refractivity contribution is 14.1. The van der Waals surface area contributed by atoms with Gasteiger partial charge in [0.25, 0.3) is 0 Å². The molecule has 162 valence electrons. The van der Waals surface area contributed by atoms with Gasteiger partial charge in [-0.15, -0.1) is 0 Å².